The molecule has 2 fully saturated rings. The van der Waals surface area contributed by atoms with Gasteiger partial charge in [-0.15, -0.1) is 0 Å². The largest absolute Gasteiger partial charge is 0.478 e. The smallest absolute Gasteiger partial charge is 0.338 e. The lowest BCUT2D eigenvalue weighted by Crippen LogP contribution is -2.39. The van der Waals surface area contributed by atoms with Crippen molar-refractivity contribution in [3.8, 4) is 0 Å². The Morgan fingerprint density at radius 3 is 2.43 bits per heavy atom. The Hall–Kier alpha value is -2.64. The van der Waals surface area contributed by atoms with Gasteiger partial charge in [0, 0.05) is 38.4 Å². The number of carbonyl (C=O) groups excluding carboxylic acids is 1. The molecule has 8 nitrogen and oxygen atoms in total. The lowest BCUT2D eigenvalue weighted by atomic mass is 9.85. The van der Waals surface area contributed by atoms with Crippen LogP contribution >= 0.6 is 0 Å². The number of amides is 1. The van der Waals surface area contributed by atoms with Crippen molar-refractivity contribution in [2.45, 2.75) is 56.9 Å². The molecule has 0 unspecified atom stereocenters. The van der Waals surface area contributed by atoms with E-state index in [-0.39, 0.29) is 17.5 Å². The van der Waals surface area contributed by atoms with Crippen LogP contribution in [0.1, 0.15) is 83.3 Å². The van der Waals surface area contributed by atoms with Crippen LogP contribution in [-0.4, -0.2) is 54.5 Å². The first-order chi connectivity index (χ1) is 13.5. The number of hydrogen-bond acceptors (Lipinski definition) is 4. The van der Waals surface area contributed by atoms with E-state index in [9.17, 15) is 9.59 Å². The van der Waals surface area contributed by atoms with Crippen molar-refractivity contribution in [2.75, 3.05) is 13.1 Å². The first-order valence-corrected chi connectivity index (χ1v) is 10.1. The predicted molar refractivity (Wildman–Crippen MR) is 102 cm³/mol. The summed E-state index contributed by atoms with van der Waals surface area (Å²) >= 11 is 0. The van der Waals surface area contributed by atoms with Crippen LogP contribution in [0.5, 0.6) is 0 Å². The Bertz CT molecular complexity index is 857. The Morgan fingerprint density at radius 2 is 1.79 bits per heavy atom. The van der Waals surface area contributed by atoms with Crippen LogP contribution in [0.25, 0.3) is 0 Å². The summed E-state index contributed by atoms with van der Waals surface area (Å²) in [6, 6.07) is 0.129. The Balaban J connectivity index is 1.43. The van der Waals surface area contributed by atoms with E-state index in [1.54, 1.807) is 15.6 Å². The lowest BCUT2D eigenvalue weighted by molar-refractivity contribution is 0.0686. The molecule has 1 N–H and O–H groups in total. The quantitative estimate of drug-likeness (QED) is 0.873. The molecule has 0 aromatic carbocycles. The van der Waals surface area contributed by atoms with E-state index in [4.69, 9.17) is 5.11 Å². The normalized spacial score (nSPS) is 19.1. The van der Waals surface area contributed by atoms with Gasteiger partial charge in [0.15, 0.2) is 0 Å². The summed E-state index contributed by atoms with van der Waals surface area (Å²) < 4.78 is 3.49. The molecular weight excluding hydrogens is 358 g/mol. The molecule has 28 heavy (non-hydrogen) atoms. The minimum absolute atomic E-state index is 0.0683. The van der Waals surface area contributed by atoms with E-state index >= 15 is 0 Å². The van der Waals surface area contributed by atoms with Crippen molar-refractivity contribution >= 4 is 11.9 Å². The second-order valence-electron chi connectivity index (χ2n) is 7.97. The molecule has 1 aliphatic heterocycles. The second-order valence-corrected chi connectivity index (χ2v) is 7.97. The molecule has 8 heteroatoms. The average molecular weight is 385 g/mol. The number of carboxylic acid groups (broad SMARTS) is 1. The van der Waals surface area contributed by atoms with Crippen molar-refractivity contribution in [1.29, 1.82) is 0 Å². The van der Waals surface area contributed by atoms with E-state index in [0.29, 0.717) is 19.0 Å². The minimum atomic E-state index is -0.967. The zero-order chi connectivity index (χ0) is 19.7. The van der Waals surface area contributed by atoms with Crippen molar-refractivity contribution in [3.63, 3.8) is 0 Å². The fraction of sp³-hybridized carbons (Fsp3) is 0.600. The third-order valence-corrected chi connectivity index (χ3v) is 6.05. The SMILES string of the molecule is Cn1cc(C(=O)N2CCC(n3cc(C(=O)O)cn3)CC2)c(C2CCCCC2)n1. The van der Waals surface area contributed by atoms with Crippen LogP contribution in [0.15, 0.2) is 18.6 Å². The van der Waals surface area contributed by atoms with E-state index in [2.05, 4.69) is 10.2 Å². The molecule has 0 bridgehead atoms. The Morgan fingerprint density at radius 1 is 1.07 bits per heavy atom. The molecular formula is C20H27N5O3. The molecule has 1 saturated heterocycles. The van der Waals surface area contributed by atoms with Crippen LogP contribution in [0, 0.1) is 0 Å². The molecule has 1 amide bonds. The van der Waals surface area contributed by atoms with Gasteiger partial charge in [-0.1, -0.05) is 19.3 Å². The Kier molecular flexibility index (Phi) is 5.19. The van der Waals surface area contributed by atoms with Gasteiger partial charge < -0.3 is 10.0 Å². The summed E-state index contributed by atoms with van der Waals surface area (Å²) in [7, 11) is 1.88. The fourth-order valence-corrected chi connectivity index (χ4v) is 4.50. The molecule has 3 heterocycles. The number of likely N-dealkylation sites (tertiary alicyclic amines) is 1. The highest BCUT2D eigenvalue weighted by Gasteiger charge is 2.30. The highest BCUT2D eigenvalue weighted by molar-refractivity contribution is 5.95. The third-order valence-electron chi connectivity index (χ3n) is 6.05. The summed E-state index contributed by atoms with van der Waals surface area (Å²) in [5.74, 6) is -0.505. The summed E-state index contributed by atoms with van der Waals surface area (Å²) in [5.41, 5.74) is 1.92. The summed E-state index contributed by atoms with van der Waals surface area (Å²) in [6.07, 6.45) is 12.3. The van der Waals surface area contributed by atoms with Crippen molar-refractivity contribution in [1.82, 2.24) is 24.5 Å². The number of hydrogen-bond donors (Lipinski definition) is 1. The second kappa shape index (κ2) is 7.77. The van der Waals surface area contributed by atoms with Gasteiger partial charge in [-0.2, -0.15) is 10.2 Å². The van der Waals surface area contributed by atoms with Gasteiger partial charge in [-0.3, -0.25) is 14.2 Å². The van der Waals surface area contributed by atoms with Gasteiger partial charge >= 0.3 is 5.97 Å². The van der Waals surface area contributed by atoms with Crippen LogP contribution < -0.4 is 0 Å². The molecule has 0 spiro atoms. The third kappa shape index (κ3) is 3.68. The maximum atomic E-state index is 13.2. The monoisotopic (exact) mass is 385 g/mol. The molecule has 4 rings (SSSR count). The number of aryl methyl sites for hydroxylation is 1. The molecule has 2 aromatic rings. The maximum Gasteiger partial charge on any atom is 0.338 e. The van der Waals surface area contributed by atoms with E-state index in [1.807, 2.05) is 18.1 Å². The van der Waals surface area contributed by atoms with Crippen LogP contribution in [0.2, 0.25) is 0 Å². The zero-order valence-corrected chi connectivity index (χ0v) is 16.3. The van der Waals surface area contributed by atoms with E-state index in [0.717, 1.165) is 36.9 Å². The van der Waals surface area contributed by atoms with Gasteiger partial charge in [0.1, 0.15) is 0 Å². The van der Waals surface area contributed by atoms with Crippen molar-refractivity contribution < 1.29 is 14.7 Å². The minimum Gasteiger partial charge on any atom is -0.478 e. The topological polar surface area (TPSA) is 93.2 Å². The van der Waals surface area contributed by atoms with Gasteiger partial charge in [0.05, 0.1) is 29.1 Å². The van der Waals surface area contributed by atoms with Gasteiger partial charge in [0.2, 0.25) is 0 Å². The van der Waals surface area contributed by atoms with Crippen LogP contribution in [-0.2, 0) is 7.05 Å². The highest BCUT2D eigenvalue weighted by atomic mass is 16.4. The number of nitrogens with zero attached hydrogens (tertiary/aromatic N) is 5. The predicted octanol–water partition coefficient (Wildman–Crippen LogP) is 2.84. The van der Waals surface area contributed by atoms with E-state index < -0.39 is 5.97 Å². The summed E-state index contributed by atoms with van der Waals surface area (Å²) in [4.78, 5) is 26.1. The molecule has 1 aliphatic carbocycles. The molecule has 2 aliphatic rings. The average Bonchev–Trinajstić information content (AvgIpc) is 3.35. The van der Waals surface area contributed by atoms with Gasteiger partial charge in [0.25, 0.3) is 5.91 Å². The van der Waals surface area contributed by atoms with Gasteiger partial charge in [-0.05, 0) is 25.7 Å². The highest BCUT2D eigenvalue weighted by Crippen LogP contribution is 2.34. The number of carbonyl (C=O) groups is 2. The summed E-state index contributed by atoms with van der Waals surface area (Å²) in [5, 5.41) is 17.9. The molecule has 1 saturated carbocycles. The fourth-order valence-electron chi connectivity index (χ4n) is 4.50. The maximum absolute atomic E-state index is 13.2. The zero-order valence-electron chi connectivity index (χ0n) is 16.3. The summed E-state index contributed by atoms with van der Waals surface area (Å²) in [6.45, 7) is 1.29. The molecule has 150 valence electrons. The molecule has 0 radical (unpaired) electrons. The van der Waals surface area contributed by atoms with Gasteiger partial charge in [-0.25, -0.2) is 4.79 Å². The molecule has 0 atom stereocenters. The first-order valence-electron chi connectivity index (χ1n) is 10.1. The Labute approximate surface area is 164 Å². The standard InChI is InChI=1S/C20H27N5O3/c1-23-13-17(18(22-23)14-5-3-2-4-6-14)19(26)24-9-7-16(8-10-24)25-12-15(11-21-25)20(27)28/h11-14,16H,2-10H2,1H3,(H,27,28). The van der Waals surface area contributed by atoms with Crippen LogP contribution in [0.3, 0.4) is 0 Å². The lowest BCUT2D eigenvalue weighted by Gasteiger charge is -2.32. The molecule has 2 aromatic heterocycles. The number of carboxylic acids is 1. The number of rotatable bonds is 4. The van der Waals surface area contributed by atoms with Crippen molar-refractivity contribution in [2.24, 2.45) is 7.05 Å². The van der Waals surface area contributed by atoms with E-state index in [1.165, 1.54) is 25.5 Å². The number of aromatic carboxylic acids is 1. The number of piperidine rings is 1. The van der Waals surface area contributed by atoms with Crippen molar-refractivity contribution in [3.05, 3.63) is 35.4 Å². The van der Waals surface area contributed by atoms with Crippen LogP contribution in [0.4, 0.5) is 0 Å². The first kappa shape index (κ1) is 18.7. The number of aromatic nitrogens is 4.